The summed E-state index contributed by atoms with van der Waals surface area (Å²) in [6.45, 7) is 3.87. The Morgan fingerprint density at radius 3 is 2.93 bits per heavy atom. The van der Waals surface area contributed by atoms with Gasteiger partial charge >= 0.3 is 0 Å². The monoisotopic (exact) mass is 374 g/mol. The molecule has 0 amide bonds. The minimum Gasteiger partial charge on any atom is -0.390 e. The topological polar surface area (TPSA) is 107 Å². The van der Waals surface area contributed by atoms with Crippen molar-refractivity contribution in [2.75, 3.05) is 38.5 Å². The lowest BCUT2D eigenvalue weighted by atomic mass is 9.99. The molecule has 1 aliphatic heterocycles. The van der Waals surface area contributed by atoms with Crippen LogP contribution in [0.3, 0.4) is 0 Å². The van der Waals surface area contributed by atoms with Crippen LogP contribution in [0.2, 0.25) is 0 Å². The van der Waals surface area contributed by atoms with E-state index in [4.69, 9.17) is 0 Å². The van der Waals surface area contributed by atoms with Crippen LogP contribution in [-0.4, -0.2) is 70.2 Å². The van der Waals surface area contributed by atoms with Crippen LogP contribution < -0.4 is 16.0 Å². The first-order valence-corrected chi connectivity index (χ1v) is 9.96. The second kappa shape index (κ2) is 8.10. The lowest BCUT2D eigenvalue weighted by Gasteiger charge is -2.24. The summed E-state index contributed by atoms with van der Waals surface area (Å²) in [6, 6.07) is 1.78. The molecule has 8 heteroatoms. The van der Waals surface area contributed by atoms with Gasteiger partial charge in [-0.15, -0.1) is 0 Å². The molecule has 0 bridgehead atoms. The van der Waals surface area contributed by atoms with Crippen molar-refractivity contribution in [3.8, 4) is 0 Å². The summed E-state index contributed by atoms with van der Waals surface area (Å²) in [7, 11) is 1.83. The van der Waals surface area contributed by atoms with Crippen molar-refractivity contribution in [1.29, 1.82) is 0 Å². The van der Waals surface area contributed by atoms with E-state index < -0.39 is 12.2 Å². The fraction of sp³-hybridized carbons (Fsp3) is 0.684. The fourth-order valence-corrected chi connectivity index (χ4v) is 4.59. The summed E-state index contributed by atoms with van der Waals surface area (Å²) < 4.78 is 1.98. The SMILES string of the molecule is CNc1ncnc2c1ccn2[C@@H]1C[C@H](CNC[C@H]2CCCNC2)[C@@H](O)[C@H]1O. The number of rotatable bonds is 6. The Hall–Kier alpha value is -1.74. The van der Waals surface area contributed by atoms with Gasteiger partial charge < -0.3 is 30.7 Å². The van der Waals surface area contributed by atoms with Crippen molar-refractivity contribution in [2.24, 2.45) is 11.8 Å². The van der Waals surface area contributed by atoms with Crippen LogP contribution in [0, 0.1) is 11.8 Å². The van der Waals surface area contributed by atoms with E-state index in [1.807, 2.05) is 23.9 Å². The Morgan fingerprint density at radius 2 is 2.15 bits per heavy atom. The van der Waals surface area contributed by atoms with Crippen molar-refractivity contribution in [2.45, 2.75) is 37.5 Å². The molecule has 4 rings (SSSR count). The van der Waals surface area contributed by atoms with Crippen LogP contribution >= 0.6 is 0 Å². The van der Waals surface area contributed by atoms with Gasteiger partial charge in [-0.2, -0.15) is 0 Å². The molecule has 2 aromatic rings. The number of aliphatic hydroxyl groups excluding tert-OH is 2. The zero-order chi connectivity index (χ0) is 18.8. The number of aliphatic hydroxyl groups is 2. The van der Waals surface area contributed by atoms with Gasteiger partial charge in [0.25, 0.3) is 0 Å². The summed E-state index contributed by atoms with van der Waals surface area (Å²) in [6.07, 6.45) is 5.15. The third kappa shape index (κ3) is 3.67. The number of aromatic nitrogens is 3. The third-order valence-corrected chi connectivity index (χ3v) is 6.11. The predicted octanol–water partition coefficient (Wildman–Crippen LogP) is 0.345. The number of hydrogen-bond donors (Lipinski definition) is 5. The molecule has 2 aliphatic rings. The molecule has 1 aliphatic carbocycles. The number of anilines is 1. The van der Waals surface area contributed by atoms with Crippen molar-refractivity contribution < 1.29 is 10.2 Å². The van der Waals surface area contributed by atoms with Gasteiger partial charge in [-0.05, 0) is 50.9 Å². The molecule has 0 spiro atoms. The highest BCUT2D eigenvalue weighted by atomic mass is 16.3. The van der Waals surface area contributed by atoms with E-state index in [2.05, 4.69) is 25.9 Å². The quantitative estimate of drug-likeness (QED) is 0.496. The van der Waals surface area contributed by atoms with E-state index in [-0.39, 0.29) is 12.0 Å². The molecular formula is C19H30N6O2. The molecule has 1 saturated heterocycles. The second-order valence-corrected chi connectivity index (χ2v) is 7.85. The molecule has 8 nitrogen and oxygen atoms in total. The Morgan fingerprint density at radius 1 is 1.26 bits per heavy atom. The minimum atomic E-state index is -0.795. The Kier molecular flexibility index (Phi) is 5.58. The standard InChI is InChI=1S/C19H30N6O2/c1-20-18-14-4-6-25(19(14)24-11-23-18)15-7-13(16(26)17(15)27)10-22-9-12-3-2-5-21-8-12/h4,6,11-13,15-17,21-22,26-27H,2-3,5,7-10H2,1H3,(H,20,23,24)/t12-,13+,15+,16+,17-/m0/s1. The first-order valence-electron chi connectivity index (χ1n) is 9.96. The van der Waals surface area contributed by atoms with Crippen LogP contribution in [-0.2, 0) is 0 Å². The number of hydrogen-bond acceptors (Lipinski definition) is 7. The van der Waals surface area contributed by atoms with Crippen molar-refractivity contribution in [3.63, 3.8) is 0 Å². The average molecular weight is 374 g/mol. The molecular weight excluding hydrogens is 344 g/mol. The van der Waals surface area contributed by atoms with Gasteiger partial charge in [-0.1, -0.05) is 0 Å². The normalized spacial score (nSPS) is 31.4. The number of piperidine rings is 1. The largest absolute Gasteiger partial charge is 0.390 e. The molecule has 0 unspecified atom stereocenters. The van der Waals surface area contributed by atoms with Crippen LogP contribution in [0.25, 0.3) is 11.0 Å². The lowest BCUT2D eigenvalue weighted by molar-refractivity contribution is 0.00678. The maximum Gasteiger partial charge on any atom is 0.145 e. The van der Waals surface area contributed by atoms with Gasteiger partial charge in [-0.3, -0.25) is 0 Å². The zero-order valence-corrected chi connectivity index (χ0v) is 15.8. The van der Waals surface area contributed by atoms with Crippen molar-refractivity contribution >= 4 is 16.9 Å². The van der Waals surface area contributed by atoms with E-state index in [1.165, 1.54) is 19.2 Å². The highest BCUT2D eigenvalue weighted by Gasteiger charge is 2.42. The van der Waals surface area contributed by atoms with Gasteiger partial charge in [0.05, 0.1) is 17.5 Å². The van der Waals surface area contributed by atoms with Gasteiger partial charge in [0.15, 0.2) is 0 Å². The molecule has 148 valence electrons. The van der Waals surface area contributed by atoms with Crippen LogP contribution in [0.1, 0.15) is 25.3 Å². The minimum absolute atomic E-state index is 0.0320. The smallest absolute Gasteiger partial charge is 0.145 e. The van der Waals surface area contributed by atoms with Gasteiger partial charge in [-0.25, -0.2) is 9.97 Å². The maximum atomic E-state index is 10.7. The van der Waals surface area contributed by atoms with Crippen molar-refractivity contribution in [3.05, 3.63) is 18.6 Å². The Labute approximate surface area is 159 Å². The fourth-order valence-electron chi connectivity index (χ4n) is 4.59. The number of fused-ring (bicyclic) bond motifs is 1. The summed E-state index contributed by atoms with van der Waals surface area (Å²) in [5.41, 5.74) is 0.785. The number of nitrogens with zero attached hydrogens (tertiary/aromatic N) is 3. The molecule has 2 fully saturated rings. The average Bonchev–Trinajstić information content (AvgIpc) is 3.25. The first-order chi connectivity index (χ1) is 13.2. The number of nitrogens with one attached hydrogen (secondary N) is 3. The van der Waals surface area contributed by atoms with E-state index in [0.29, 0.717) is 5.92 Å². The molecule has 2 aromatic heterocycles. The van der Waals surface area contributed by atoms with Crippen LogP contribution in [0.15, 0.2) is 18.6 Å². The van der Waals surface area contributed by atoms with Gasteiger partial charge in [0.1, 0.15) is 23.9 Å². The molecule has 5 N–H and O–H groups in total. The molecule has 0 radical (unpaired) electrons. The van der Waals surface area contributed by atoms with E-state index >= 15 is 0 Å². The summed E-state index contributed by atoms with van der Waals surface area (Å²) in [4.78, 5) is 8.64. The summed E-state index contributed by atoms with van der Waals surface area (Å²) in [5, 5.41) is 32.2. The maximum absolute atomic E-state index is 10.7. The molecule has 0 aromatic carbocycles. The van der Waals surface area contributed by atoms with Crippen LogP contribution in [0.4, 0.5) is 5.82 Å². The predicted molar refractivity (Wildman–Crippen MR) is 105 cm³/mol. The lowest BCUT2D eigenvalue weighted by Crippen LogP contribution is -2.39. The molecule has 5 atom stereocenters. The first kappa shape index (κ1) is 18.6. The van der Waals surface area contributed by atoms with E-state index in [0.717, 1.165) is 49.5 Å². The highest BCUT2D eigenvalue weighted by Crippen LogP contribution is 2.37. The Bertz CT molecular complexity index is 760. The third-order valence-electron chi connectivity index (χ3n) is 6.11. The molecule has 3 heterocycles. The summed E-state index contributed by atoms with van der Waals surface area (Å²) >= 11 is 0. The van der Waals surface area contributed by atoms with Gasteiger partial charge in [0, 0.05) is 25.7 Å². The van der Waals surface area contributed by atoms with Crippen molar-refractivity contribution in [1.82, 2.24) is 25.2 Å². The summed E-state index contributed by atoms with van der Waals surface area (Å²) in [5.74, 6) is 1.46. The Balaban J connectivity index is 1.42. The highest BCUT2D eigenvalue weighted by molar-refractivity contribution is 5.87. The van der Waals surface area contributed by atoms with E-state index in [1.54, 1.807) is 0 Å². The molecule has 1 saturated carbocycles. The van der Waals surface area contributed by atoms with Gasteiger partial charge in [0.2, 0.25) is 0 Å². The zero-order valence-electron chi connectivity index (χ0n) is 15.8. The second-order valence-electron chi connectivity index (χ2n) is 7.85. The van der Waals surface area contributed by atoms with E-state index in [9.17, 15) is 10.2 Å². The molecule has 27 heavy (non-hydrogen) atoms. The van der Waals surface area contributed by atoms with Crippen LogP contribution in [0.5, 0.6) is 0 Å².